The average molecular weight is 241 g/mol. The maximum Gasteiger partial charge on any atom is 0.167 e. The highest BCUT2D eigenvalue weighted by Crippen LogP contribution is 2.31. The monoisotopic (exact) mass is 240 g/mol. The van der Waals surface area contributed by atoms with E-state index < -0.39 is 0 Å². The second-order valence-corrected chi connectivity index (χ2v) is 4.83. The standard InChI is InChI=1S/C13H14ClFO/c1-8-6-10(11(14)7-12(8)15)13(16)9-4-2-3-5-9/h6-7,9H,2-5H2,1H3. The summed E-state index contributed by atoms with van der Waals surface area (Å²) in [5.74, 6) is -0.194. The number of hydrogen-bond donors (Lipinski definition) is 0. The van der Waals surface area contributed by atoms with E-state index in [0.29, 0.717) is 11.1 Å². The fourth-order valence-corrected chi connectivity index (χ4v) is 2.50. The van der Waals surface area contributed by atoms with Crippen molar-refractivity contribution < 1.29 is 9.18 Å². The largest absolute Gasteiger partial charge is 0.294 e. The van der Waals surface area contributed by atoms with Crippen molar-refractivity contribution >= 4 is 17.4 Å². The smallest absolute Gasteiger partial charge is 0.167 e. The Balaban J connectivity index is 2.32. The van der Waals surface area contributed by atoms with Crippen LogP contribution in [0.5, 0.6) is 0 Å². The number of hydrogen-bond acceptors (Lipinski definition) is 1. The van der Waals surface area contributed by atoms with Crippen LogP contribution >= 0.6 is 11.6 Å². The molecule has 1 fully saturated rings. The number of benzene rings is 1. The molecule has 16 heavy (non-hydrogen) atoms. The molecule has 86 valence electrons. The molecule has 2 rings (SSSR count). The van der Waals surface area contributed by atoms with Gasteiger partial charge in [0.05, 0.1) is 5.02 Å². The summed E-state index contributed by atoms with van der Waals surface area (Å²) in [7, 11) is 0. The lowest BCUT2D eigenvalue weighted by atomic mass is 9.95. The van der Waals surface area contributed by atoms with E-state index in [2.05, 4.69) is 0 Å². The molecule has 0 bridgehead atoms. The van der Waals surface area contributed by atoms with Gasteiger partial charge >= 0.3 is 0 Å². The number of rotatable bonds is 2. The van der Waals surface area contributed by atoms with E-state index in [1.807, 2.05) is 0 Å². The van der Waals surface area contributed by atoms with E-state index in [1.165, 1.54) is 6.07 Å². The van der Waals surface area contributed by atoms with Crippen LogP contribution in [0.3, 0.4) is 0 Å². The molecule has 0 aromatic heterocycles. The van der Waals surface area contributed by atoms with E-state index >= 15 is 0 Å². The molecule has 0 amide bonds. The molecule has 0 atom stereocenters. The predicted octanol–water partition coefficient (Wildman–Crippen LogP) is 4.16. The molecular weight excluding hydrogens is 227 g/mol. The molecule has 1 aromatic rings. The highest BCUT2D eigenvalue weighted by atomic mass is 35.5. The lowest BCUT2D eigenvalue weighted by Crippen LogP contribution is -2.12. The van der Waals surface area contributed by atoms with Crippen molar-refractivity contribution in [1.29, 1.82) is 0 Å². The van der Waals surface area contributed by atoms with Crippen molar-refractivity contribution in [2.24, 2.45) is 5.92 Å². The molecule has 0 N–H and O–H groups in total. The Hall–Kier alpha value is -0.890. The molecule has 0 aliphatic heterocycles. The van der Waals surface area contributed by atoms with Crippen molar-refractivity contribution in [3.63, 3.8) is 0 Å². The number of carbonyl (C=O) groups is 1. The van der Waals surface area contributed by atoms with Gasteiger partial charge in [0.25, 0.3) is 0 Å². The number of halogens is 2. The summed E-state index contributed by atoms with van der Waals surface area (Å²) in [6.07, 6.45) is 4.08. The Morgan fingerprint density at radius 1 is 1.38 bits per heavy atom. The molecule has 0 spiro atoms. The number of aryl methyl sites for hydroxylation is 1. The van der Waals surface area contributed by atoms with E-state index in [9.17, 15) is 9.18 Å². The fourth-order valence-electron chi connectivity index (χ4n) is 2.25. The molecule has 0 heterocycles. The number of Topliss-reactive ketones (excluding diaryl/α,β-unsaturated/α-hetero) is 1. The Labute approximate surface area is 99.6 Å². The first kappa shape index (κ1) is 11.6. The first-order valence-electron chi connectivity index (χ1n) is 5.59. The Kier molecular flexibility index (Phi) is 3.29. The molecule has 0 unspecified atom stereocenters. The molecule has 1 aromatic carbocycles. The maximum absolute atomic E-state index is 13.2. The Bertz CT molecular complexity index is 422. The maximum atomic E-state index is 13.2. The van der Waals surface area contributed by atoms with Gasteiger partial charge in [-0.15, -0.1) is 0 Å². The van der Waals surface area contributed by atoms with Crippen LogP contribution in [0.25, 0.3) is 0 Å². The summed E-state index contributed by atoms with van der Waals surface area (Å²) >= 11 is 5.91. The van der Waals surface area contributed by atoms with Crippen LogP contribution in [0.4, 0.5) is 4.39 Å². The fraction of sp³-hybridized carbons (Fsp3) is 0.462. The van der Waals surface area contributed by atoms with Crippen LogP contribution in [-0.2, 0) is 0 Å². The third kappa shape index (κ3) is 2.12. The van der Waals surface area contributed by atoms with E-state index in [-0.39, 0.29) is 22.5 Å². The normalized spacial score (nSPS) is 16.7. The van der Waals surface area contributed by atoms with E-state index in [4.69, 9.17) is 11.6 Å². The molecule has 1 nitrogen and oxygen atoms in total. The van der Waals surface area contributed by atoms with Crippen molar-refractivity contribution in [3.05, 3.63) is 34.1 Å². The minimum atomic E-state index is -0.354. The predicted molar refractivity (Wildman–Crippen MR) is 62.4 cm³/mol. The summed E-state index contributed by atoms with van der Waals surface area (Å²) < 4.78 is 13.2. The first-order valence-corrected chi connectivity index (χ1v) is 5.97. The van der Waals surface area contributed by atoms with Gasteiger partial charge in [-0.05, 0) is 37.5 Å². The zero-order chi connectivity index (χ0) is 11.7. The molecular formula is C13H14ClFO. The van der Waals surface area contributed by atoms with Gasteiger partial charge in [-0.1, -0.05) is 24.4 Å². The topological polar surface area (TPSA) is 17.1 Å². The summed E-state index contributed by atoms with van der Waals surface area (Å²) in [4.78, 5) is 12.1. The molecule has 0 saturated heterocycles. The Morgan fingerprint density at radius 2 is 2.00 bits per heavy atom. The molecule has 1 saturated carbocycles. The second-order valence-electron chi connectivity index (χ2n) is 4.43. The van der Waals surface area contributed by atoms with Gasteiger partial charge in [-0.2, -0.15) is 0 Å². The van der Waals surface area contributed by atoms with E-state index in [0.717, 1.165) is 25.7 Å². The minimum Gasteiger partial charge on any atom is -0.294 e. The van der Waals surface area contributed by atoms with E-state index in [1.54, 1.807) is 13.0 Å². The van der Waals surface area contributed by atoms with Gasteiger partial charge < -0.3 is 0 Å². The van der Waals surface area contributed by atoms with Crippen LogP contribution < -0.4 is 0 Å². The highest BCUT2D eigenvalue weighted by Gasteiger charge is 2.25. The van der Waals surface area contributed by atoms with Gasteiger partial charge in [0, 0.05) is 11.5 Å². The van der Waals surface area contributed by atoms with Gasteiger partial charge in [0.2, 0.25) is 0 Å². The third-order valence-electron chi connectivity index (χ3n) is 3.24. The van der Waals surface area contributed by atoms with Crippen molar-refractivity contribution in [2.45, 2.75) is 32.6 Å². The summed E-state index contributed by atoms with van der Waals surface area (Å²) in [6, 6.07) is 2.80. The highest BCUT2D eigenvalue weighted by molar-refractivity contribution is 6.34. The third-order valence-corrected chi connectivity index (χ3v) is 3.55. The summed E-state index contributed by atoms with van der Waals surface area (Å²) in [5, 5.41) is 0.236. The first-order chi connectivity index (χ1) is 7.59. The molecule has 1 aliphatic carbocycles. The second kappa shape index (κ2) is 4.54. The van der Waals surface area contributed by atoms with Crippen LogP contribution in [0, 0.1) is 18.7 Å². The zero-order valence-electron chi connectivity index (χ0n) is 9.22. The molecule has 0 radical (unpaired) electrons. The van der Waals surface area contributed by atoms with Crippen LogP contribution in [0.1, 0.15) is 41.6 Å². The zero-order valence-corrected chi connectivity index (χ0v) is 9.98. The lowest BCUT2D eigenvalue weighted by molar-refractivity contribution is 0.0923. The quantitative estimate of drug-likeness (QED) is 0.710. The van der Waals surface area contributed by atoms with Crippen LogP contribution in [0.2, 0.25) is 5.02 Å². The molecule has 3 heteroatoms. The van der Waals surface area contributed by atoms with Crippen molar-refractivity contribution in [3.8, 4) is 0 Å². The van der Waals surface area contributed by atoms with Gasteiger partial charge in [-0.3, -0.25) is 4.79 Å². The Morgan fingerprint density at radius 3 is 2.62 bits per heavy atom. The van der Waals surface area contributed by atoms with Gasteiger partial charge in [0.1, 0.15) is 5.82 Å². The minimum absolute atomic E-state index is 0.0746. The lowest BCUT2D eigenvalue weighted by Gasteiger charge is -2.10. The van der Waals surface area contributed by atoms with Crippen LogP contribution in [0.15, 0.2) is 12.1 Å². The molecule has 1 aliphatic rings. The number of ketones is 1. The van der Waals surface area contributed by atoms with Crippen molar-refractivity contribution in [2.75, 3.05) is 0 Å². The summed E-state index contributed by atoms with van der Waals surface area (Å²) in [6.45, 7) is 1.65. The van der Waals surface area contributed by atoms with Gasteiger partial charge in [0.15, 0.2) is 5.78 Å². The van der Waals surface area contributed by atoms with Crippen LogP contribution in [-0.4, -0.2) is 5.78 Å². The van der Waals surface area contributed by atoms with Crippen molar-refractivity contribution in [1.82, 2.24) is 0 Å². The summed E-state index contributed by atoms with van der Waals surface area (Å²) in [5.41, 5.74) is 0.957. The SMILES string of the molecule is Cc1cc(C(=O)C2CCCC2)c(Cl)cc1F. The average Bonchev–Trinajstić information content (AvgIpc) is 2.75. The number of carbonyl (C=O) groups excluding carboxylic acids is 1. The van der Waals surface area contributed by atoms with Gasteiger partial charge in [-0.25, -0.2) is 4.39 Å².